The maximum Gasteiger partial charge on any atom is 0.326 e. The van der Waals surface area contributed by atoms with Crippen LogP contribution in [0.2, 0.25) is 0 Å². The van der Waals surface area contributed by atoms with Gasteiger partial charge in [-0.1, -0.05) is 0 Å². The molecule has 23 heavy (non-hydrogen) atoms. The molecule has 13 heteroatoms. The Bertz CT molecular complexity index is 803. The maximum absolute atomic E-state index is 10.4. The van der Waals surface area contributed by atoms with E-state index in [2.05, 4.69) is 0 Å². The van der Waals surface area contributed by atoms with E-state index >= 15 is 0 Å². The molecule has 0 aliphatic carbocycles. The van der Waals surface area contributed by atoms with Crippen molar-refractivity contribution in [2.75, 3.05) is 0 Å². The number of aromatic nitrogens is 4. The summed E-state index contributed by atoms with van der Waals surface area (Å²) in [6, 6.07) is 1.47. The van der Waals surface area contributed by atoms with Gasteiger partial charge in [0.2, 0.25) is 0 Å². The van der Waals surface area contributed by atoms with Crippen LogP contribution in [0.4, 0.5) is 0 Å². The van der Waals surface area contributed by atoms with Gasteiger partial charge in [-0.05, 0) is 0 Å². The van der Waals surface area contributed by atoms with Gasteiger partial charge in [-0.2, -0.15) is 0 Å². The summed E-state index contributed by atoms with van der Waals surface area (Å²) in [5.74, 6) is -3.18. The first kappa shape index (κ1) is 19.9. The average Bonchev–Trinajstić information content (AvgIpc) is 2.37. The van der Waals surface area contributed by atoms with Crippen molar-refractivity contribution in [1.82, 2.24) is 19.9 Å². The number of hydrogen-bond donors (Lipinski definition) is 4. The summed E-state index contributed by atoms with van der Waals surface area (Å²) in [5.41, 5.74) is -4.33. The molecule has 4 N–H and O–H groups in total. The molecule has 0 unspecified atom stereocenters. The van der Waals surface area contributed by atoms with Crippen LogP contribution < -0.4 is 32.7 Å². The second-order valence-corrected chi connectivity index (χ2v) is 3.58. The fourth-order valence-electron chi connectivity index (χ4n) is 1.16. The van der Waals surface area contributed by atoms with Crippen LogP contribution in [0, 0.1) is 0 Å². The van der Waals surface area contributed by atoms with E-state index in [4.69, 9.17) is 0 Å². The monoisotopic (exact) mass is 374 g/mol. The minimum absolute atomic E-state index is 0. The van der Waals surface area contributed by atoms with Gasteiger partial charge in [0.15, 0.2) is 0 Å². The van der Waals surface area contributed by atoms with Crippen LogP contribution in [0.3, 0.4) is 0 Å². The molecule has 0 aliphatic heterocycles. The van der Waals surface area contributed by atoms with E-state index in [1.165, 1.54) is 0 Å². The first-order chi connectivity index (χ1) is 10.2. The number of H-pyrrole nitrogens is 4. The Labute approximate surface area is 137 Å². The molecule has 0 bridgehead atoms. The number of aromatic amines is 4. The minimum atomic E-state index is -1.59. The molecule has 0 amide bonds. The molecule has 2 aromatic rings. The maximum atomic E-state index is 10.4. The molecule has 118 valence electrons. The van der Waals surface area contributed by atoms with E-state index in [1.54, 1.807) is 0 Å². The van der Waals surface area contributed by atoms with Crippen molar-refractivity contribution in [3.8, 4) is 0 Å². The Morgan fingerprint density at radius 1 is 0.696 bits per heavy atom. The van der Waals surface area contributed by atoms with E-state index in [-0.39, 0.29) is 19.5 Å². The van der Waals surface area contributed by atoms with Gasteiger partial charge < -0.3 is 29.8 Å². The Morgan fingerprint density at radius 2 is 1.00 bits per heavy atom. The largest absolute Gasteiger partial charge is 0.543 e. The van der Waals surface area contributed by atoms with Crippen LogP contribution in [0.5, 0.6) is 0 Å². The van der Waals surface area contributed by atoms with Crippen LogP contribution in [-0.4, -0.2) is 31.9 Å². The predicted octanol–water partition coefficient (Wildman–Crippen LogP) is -5.15. The van der Waals surface area contributed by atoms with Gasteiger partial charge in [0.05, 0.1) is 23.3 Å². The second-order valence-electron chi connectivity index (χ2n) is 3.58. The number of nitrogens with one attached hydrogen (secondary N) is 4. The molecular weight excluding hydrogens is 370 g/mol. The van der Waals surface area contributed by atoms with Gasteiger partial charge in [-0.3, -0.25) is 19.6 Å². The molecule has 12 nitrogen and oxygen atoms in total. The molecule has 2 heterocycles. The van der Waals surface area contributed by atoms with Crippen molar-refractivity contribution in [3.63, 3.8) is 0 Å². The quantitative estimate of drug-likeness (QED) is 0.371. The van der Waals surface area contributed by atoms with Crippen molar-refractivity contribution >= 4 is 11.9 Å². The average molecular weight is 376 g/mol. The topological polar surface area (TPSA) is 212 Å². The van der Waals surface area contributed by atoms with Crippen molar-refractivity contribution in [3.05, 3.63) is 65.2 Å². The number of carboxylic acid groups (broad SMARTS) is 2. The third-order valence-corrected chi connectivity index (χ3v) is 1.96. The number of carbonyl (C=O) groups excluding carboxylic acids is 2. The molecule has 0 saturated carbocycles. The van der Waals surface area contributed by atoms with Crippen LogP contribution in [0.25, 0.3) is 0 Å². The van der Waals surface area contributed by atoms with Crippen molar-refractivity contribution in [1.29, 1.82) is 0 Å². The van der Waals surface area contributed by atoms with Crippen molar-refractivity contribution < 1.29 is 39.3 Å². The molecule has 2 aromatic heterocycles. The minimum Gasteiger partial charge on any atom is -0.543 e. The summed E-state index contributed by atoms with van der Waals surface area (Å²) in [6.07, 6.45) is 0. The number of carbonyl (C=O) groups is 2. The summed E-state index contributed by atoms with van der Waals surface area (Å²) in [5, 5.41) is 20.1. The van der Waals surface area contributed by atoms with Gasteiger partial charge in [0.25, 0.3) is 11.1 Å². The molecule has 2 rings (SSSR count). The van der Waals surface area contributed by atoms with E-state index in [1.807, 2.05) is 19.9 Å². The molecule has 0 radical (unpaired) electrons. The standard InChI is InChI=1S/2C5H4N2O4.Zn/c2*8-3-1-2(4(9)10)6-5(11)7-3;/h2*1H,(H,9,10)(H2,6,7,8,11);/p-2. The first-order valence-corrected chi connectivity index (χ1v) is 5.29. The third kappa shape index (κ3) is 6.48. The van der Waals surface area contributed by atoms with Crippen molar-refractivity contribution in [2.24, 2.45) is 0 Å². The molecule has 0 aromatic carbocycles. The fraction of sp³-hybridized carbons (Fsp3) is 0. The number of hydrogen-bond acceptors (Lipinski definition) is 8. The second kappa shape index (κ2) is 8.39. The van der Waals surface area contributed by atoms with Gasteiger partial charge in [-0.15, -0.1) is 0 Å². The third-order valence-electron chi connectivity index (χ3n) is 1.96. The van der Waals surface area contributed by atoms with Gasteiger partial charge in [-0.25, -0.2) is 9.59 Å². The Hall–Kier alpha value is -3.08. The van der Waals surface area contributed by atoms with Crippen LogP contribution in [0.15, 0.2) is 31.3 Å². The summed E-state index contributed by atoms with van der Waals surface area (Å²) >= 11 is 0. The smallest absolute Gasteiger partial charge is 0.326 e. The van der Waals surface area contributed by atoms with Crippen LogP contribution >= 0.6 is 0 Å². The molecular formula is C10H6N4O8Zn-2. The van der Waals surface area contributed by atoms with E-state index in [0.29, 0.717) is 0 Å². The zero-order valence-corrected chi connectivity index (χ0v) is 14.1. The number of rotatable bonds is 2. The Morgan fingerprint density at radius 3 is 1.22 bits per heavy atom. The molecule has 0 spiro atoms. The first-order valence-electron chi connectivity index (χ1n) is 5.29. The summed E-state index contributed by atoms with van der Waals surface area (Å²) in [7, 11) is 0. The van der Waals surface area contributed by atoms with Gasteiger partial charge in [0.1, 0.15) is 0 Å². The molecule has 0 saturated heterocycles. The van der Waals surface area contributed by atoms with E-state index < -0.39 is 45.8 Å². The Kier molecular flexibility index (Phi) is 7.26. The van der Waals surface area contributed by atoms with Crippen molar-refractivity contribution in [2.45, 2.75) is 0 Å². The summed E-state index contributed by atoms with van der Waals surface area (Å²) < 4.78 is 0. The Balaban J connectivity index is 0.000000403. The SMILES string of the molecule is O=C([O-])c1cc(=O)[nH]c(=O)[nH]1.O=C([O-])c1cc(=O)[nH]c(=O)[nH]1.[Zn]. The number of carboxylic acids is 2. The zero-order valence-electron chi connectivity index (χ0n) is 11.1. The molecule has 0 atom stereocenters. The van der Waals surface area contributed by atoms with Gasteiger partial charge in [0, 0.05) is 31.6 Å². The van der Waals surface area contributed by atoms with Crippen LogP contribution in [-0.2, 0) is 19.5 Å². The normalized spacial score (nSPS) is 9.04. The van der Waals surface area contributed by atoms with E-state index in [0.717, 1.165) is 12.1 Å². The molecule has 0 aliphatic rings. The van der Waals surface area contributed by atoms with Gasteiger partial charge >= 0.3 is 11.4 Å². The zero-order chi connectivity index (χ0) is 16.9. The summed E-state index contributed by atoms with van der Waals surface area (Å²) in [6.45, 7) is 0. The number of aromatic carboxylic acids is 2. The summed E-state index contributed by atoms with van der Waals surface area (Å²) in [4.78, 5) is 69.2. The fourth-order valence-corrected chi connectivity index (χ4v) is 1.16. The van der Waals surface area contributed by atoms with Crippen LogP contribution in [0.1, 0.15) is 21.0 Å². The van der Waals surface area contributed by atoms with E-state index in [9.17, 15) is 39.0 Å². The molecule has 0 fully saturated rings. The predicted molar refractivity (Wildman–Crippen MR) is 64.0 cm³/mol.